The van der Waals surface area contributed by atoms with Crippen LogP contribution < -0.4 is 10.0 Å². The summed E-state index contributed by atoms with van der Waals surface area (Å²) in [6, 6.07) is 4.31. The molecule has 1 saturated heterocycles. The lowest BCUT2D eigenvalue weighted by atomic mass is 10.2. The number of ether oxygens (including phenoxy) is 2. The van der Waals surface area contributed by atoms with Crippen molar-refractivity contribution < 1.29 is 27.5 Å². The summed E-state index contributed by atoms with van der Waals surface area (Å²) in [5.41, 5.74) is -0.199. The van der Waals surface area contributed by atoms with E-state index in [9.17, 15) is 18.0 Å². The number of aromatic nitrogens is 3. The van der Waals surface area contributed by atoms with Crippen molar-refractivity contribution in [1.82, 2.24) is 19.7 Å². The van der Waals surface area contributed by atoms with Crippen molar-refractivity contribution in [3.8, 4) is 0 Å². The summed E-state index contributed by atoms with van der Waals surface area (Å²) < 4.78 is 37.0. The summed E-state index contributed by atoms with van der Waals surface area (Å²) in [7, 11) is -4.36. The van der Waals surface area contributed by atoms with Crippen LogP contribution in [-0.2, 0) is 19.5 Å². The molecule has 3 rings (SSSR count). The van der Waals surface area contributed by atoms with Gasteiger partial charge < -0.3 is 9.47 Å². The minimum absolute atomic E-state index is 0.0270. The maximum Gasteiger partial charge on any atom is 0.339 e. The van der Waals surface area contributed by atoms with Crippen molar-refractivity contribution in [3.05, 3.63) is 41.5 Å². The minimum atomic E-state index is -4.36. The second-order valence-corrected chi connectivity index (χ2v) is 7.51. The molecule has 12 heteroatoms. The van der Waals surface area contributed by atoms with Crippen molar-refractivity contribution in [2.45, 2.75) is 24.8 Å². The average Bonchev–Trinajstić information content (AvgIpc) is 3.42. The second kappa shape index (κ2) is 7.86. The number of nitrogens with zero attached hydrogens (tertiary/aromatic N) is 3. The van der Waals surface area contributed by atoms with Crippen LogP contribution in [0, 0.1) is 13.8 Å². The molecule has 1 atom stereocenters. The number of amides is 2. The Morgan fingerprint density at radius 3 is 2.46 bits per heavy atom. The SMILES string of the molecule is Cc1nc(C)nc(NC(=O)NS(=O)(=O)c2ccccc2C(=O)OCC2CO2)n1. The summed E-state index contributed by atoms with van der Waals surface area (Å²) >= 11 is 0. The first-order chi connectivity index (χ1) is 13.2. The van der Waals surface area contributed by atoms with Gasteiger partial charge in [-0.05, 0) is 26.0 Å². The maximum absolute atomic E-state index is 12.6. The number of rotatable bonds is 6. The van der Waals surface area contributed by atoms with E-state index in [0.717, 1.165) is 0 Å². The van der Waals surface area contributed by atoms with Gasteiger partial charge in [-0.2, -0.15) is 9.97 Å². The van der Waals surface area contributed by atoms with E-state index in [1.54, 1.807) is 13.8 Å². The number of esters is 1. The number of benzene rings is 1. The molecule has 2 amide bonds. The van der Waals surface area contributed by atoms with E-state index in [1.807, 2.05) is 4.72 Å². The van der Waals surface area contributed by atoms with Crippen LogP contribution in [0.1, 0.15) is 22.0 Å². The molecule has 0 spiro atoms. The average molecular weight is 407 g/mol. The lowest BCUT2D eigenvalue weighted by molar-refractivity contribution is 0.0472. The molecule has 2 heterocycles. The number of carbonyl (C=O) groups is 2. The van der Waals surface area contributed by atoms with Crippen molar-refractivity contribution in [2.24, 2.45) is 0 Å². The van der Waals surface area contributed by atoms with Crippen LogP contribution in [0.2, 0.25) is 0 Å². The van der Waals surface area contributed by atoms with Gasteiger partial charge in [0, 0.05) is 0 Å². The van der Waals surface area contributed by atoms with Gasteiger partial charge in [0.2, 0.25) is 5.95 Å². The summed E-state index contributed by atoms with van der Waals surface area (Å²) in [6.45, 7) is 3.72. The Morgan fingerprint density at radius 1 is 1.18 bits per heavy atom. The molecule has 2 N–H and O–H groups in total. The van der Waals surface area contributed by atoms with Crippen molar-refractivity contribution in [1.29, 1.82) is 0 Å². The zero-order valence-electron chi connectivity index (χ0n) is 15.0. The fourth-order valence-electron chi connectivity index (χ4n) is 2.26. The molecular formula is C16H17N5O6S. The first-order valence-electron chi connectivity index (χ1n) is 8.15. The van der Waals surface area contributed by atoms with Crippen LogP contribution in [0.3, 0.4) is 0 Å². The van der Waals surface area contributed by atoms with Gasteiger partial charge in [-0.3, -0.25) is 5.32 Å². The Labute approximate surface area is 160 Å². The van der Waals surface area contributed by atoms with E-state index >= 15 is 0 Å². The second-order valence-electron chi connectivity index (χ2n) is 5.86. The smallest absolute Gasteiger partial charge is 0.339 e. The van der Waals surface area contributed by atoms with E-state index in [4.69, 9.17) is 9.47 Å². The summed E-state index contributed by atoms with van der Waals surface area (Å²) in [6.07, 6.45) is -0.163. The van der Waals surface area contributed by atoms with Crippen molar-refractivity contribution in [2.75, 3.05) is 18.5 Å². The van der Waals surface area contributed by atoms with E-state index < -0.39 is 26.9 Å². The molecule has 28 heavy (non-hydrogen) atoms. The molecule has 148 valence electrons. The summed E-state index contributed by atoms with van der Waals surface area (Å²) in [5.74, 6) is -0.216. The van der Waals surface area contributed by atoms with Gasteiger partial charge in [0.15, 0.2) is 0 Å². The Morgan fingerprint density at radius 2 is 1.82 bits per heavy atom. The highest BCUT2D eigenvalue weighted by atomic mass is 32.2. The molecule has 1 unspecified atom stereocenters. The molecule has 0 saturated carbocycles. The first kappa shape index (κ1) is 19.6. The number of hydrogen-bond acceptors (Lipinski definition) is 9. The third kappa shape index (κ3) is 4.98. The molecule has 0 aliphatic carbocycles. The van der Waals surface area contributed by atoms with Crippen LogP contribution >= 0.6 is 0 Å². The molecule has 11 nitrogen and oxygen atoms in total. The third-order valence-electron chi connectivity index (χ3n) is 3.51. The predicted octanol–water partition coefficient (Wildman–Crippen LogP) is 0.554. The summed E-state index contributed by atoms with van der Waals surface area (Å²) in [4.78, 5) is 35.6. The maximum atomic E-state index is 12.6. The van der Waals surface area contributed by atoms with Gasteiger partial charge in [0.25, 0.3) is 10.0 Å². The highest BCUT2D eigenvalue weighted by molar-refractivity contribution is 7.90. The Hall–Kier alpha value is -3.12. The normalized spacial score (nSPS) is 15.6. The molecular weight excluding hydrogens is 390 g/mol. The monoisotopic (exact) mass is 407 g/mol. The van der Waals surface area contributed by atoms with Crippen molar-refractivity contribution >= 4 is 28.0 Å². The number of hydrogen-bond donors (Lipinski definition) is 2. The molecule has 1 aromatic heterocycles. The molecule has 0 bridgehead atoms. The highest BCUT2D eigenvalue weighted by Gasteiger charge is 2.28. The minimum Gasteiger partial charge on any atom is -0.459 e. The van der Waals surface area contributed by atoms with Gasteiger partial charge >= 0.3 is 12.0 Å². The molecule has 1 fully saturated rings. The Bertz CT molecular complexity index is 1000. The highest BCUT2D eigenvalue weighted by Crippen LogP contribution is 2.18. The molecule has 0 radical (unpaired) electrons. The molecule has 1 aliphatic rings. The van der Waals surface area contributed by atoms with E-state index in [2.05, 4.69) is 20.3 Å². The Kier molecular flexibility index (Phi) is 5.51. The van der Waals surface area contributed by atoms with Gasteiger partial charge in [0.05, 0.1) is 12.2 Å². The largest absolute Gasteiger partial charge is 0.459 e. The predicted molar refractivity (Wildman–Crippen MR) is 95.1 cm³/mol. The topological polar surface area (TPSA) is 153 Å². The number of epoxide rings is 1. The fraction of sp³-hybridized carbons (Fsp3) is 0.312. The van der Waals surface area contributed by atoms with Gasteiger partial charge in [-0.15, -0.1) is 0 Å². The van der Waals surface area contributed by atoms with Gasteiger partial charge in [-0.25, -0.2) is 27.7 Å². The molecule has 1 aliphatic heterocycles. The van der Waals surface area contributed by atoms with Crippen LogP contribution in [0.5, 0.6) is 0 Å². The lowest BCUT2D eigenvalue weighted by Crippen LogP contribution is -2.35. The quantitative estimate of drug-likeness (QED) is 0.516. The van der Waals surface area contributed by atoms with E-state index in [0.29, 0.717) is 18.3 Å². The van der Waals surface area contributed by atoms with Crippen molar-refractivity contribution in [3.63, 3.8) is 0 Å². The number of nitrogens with one attached hydrogen (secondary N) is 2. The zero-order chi connectivity index (χ0) is 20.3. The number of anilines is 1. The number of carbonyl (C=O) groups excluding carboxylic acids is 2. The van der Waals surface area contributed by atoms with Crippen LogP contribution in [-0.4, -0.2) is 54.7 Å². The van der Waals surface area contributed by atoms with E-state index in [1.165, 1.54) is 24.3 Å². The number of aryl methyl sites for hydroxylation is 2. The number of urea groups is 1. The molecule has 1 aromatic carbocycles. The summed E-state index contributed by atoms with van der Waals surface area (Å²) in [5, 5.41) is 2.22. The fourth-order valence-corrected chi connectivity index (χ4v) is 3.36. The van der Waals surface area contributed by atoms with Gasteiger partial charge in [0.1, 0.15) is 29.3 Å². The van der Waals surface area contributed by atoms with Crippen LogP contribution in [0.25, 0.3) is 0 Å². The van der Waals surface area contributed by atoms with Crippen LogP contribution in [0.4, 0.5) is 10.7 Å². The molecule has 2 aromatic rings. The lowest BCUT2D eigenvalue weighted by Gasteiger charge is -2.11. The third-order valence-corrected chi connectivity index (χ3v) is 4.90. The first-order valence-corrected chi connectivity index (χ1v) is 9.64. The Balaban J connectivity index is 1.74. The zero-order valence-corrected chi connectivity index (χ0v) is 15.8. The number of sulfonamides is 1. The standard InChI is InChI=1S/C16H17N5O6S/c1-9-17-10(2)19-15(18-9)20-16(23)21-28(24,25)13-6-4-3-5-12(13)14(22)27-8-11-7-26-11/h3-6,11H,7-8H2,1-2H3,(H2,17,18,19,20,21,23). The van der Waals surface area contributed by atoms with Gasteiger partial charge in [-0.1, -0.05) is 12.1 Å². The van der Waals surface area contributed by atoms with E-state index in [-0.39, 0.29) is 24.2 Å². The van der Waals surface area contributed by atoms with Crippen LogP contribution in [0.15, 0.2) is 29.2 Å².